The summed E-state index contributed by atoms with van der Waals surface area (Å²) in [5.74, 6) is -1.18. The molecule has 0 saturated carbocycles. The number of hydrogen-bond donors (Lipinski definition) is 0. The molecule has 15 heteroatoms. The van der Waals surface area contributed by atoms with E-state index in [2.05, 4.69) is 31.9 Å². The Hall–Kier alpha value is -3.51. The topological polar surface area (TPSA) is 131 Å². The first kappa shape index (κ1) is 36.8. The van der Waals surface area contributed by atoms with E-state index in [0.717, 1.165) is 15.1 Å². The number of nitrogens with zero attached hydrogens (tertiary/aromatic N) is 2. The highest BCUT2D eigenvalue weighted by Gasteiger charge is 2.27. The monoisotopic (exact) mass is 940 g/mol. The molecule has 49 heavy (non-hydrogen) atoms. The number of carbonyl (C=O) groups excluding carboxylic acids is 2. The van der Waals surface area contributed by atoms with E-state index in [1.165, 1.54) is 24.4 Å². The number of benzene rings is 4. The molecule has 0 amide bonds. The van der Waals surface area contributed by atoms with E-state index in [9.17, 15) is 26.4 Å². The van der Waals surface area contributed by atoms with Gasteiger partial charge in [0, 0.05) is 25.9 Å². The van der Waals surface area contributed by atoms with Crippen LogP contribution < -0.4 is 0 Å². The van der Waals surface area contributed by atoms with Gasteiger partial charge < -0.3 is 9.47 Å². The number of halogens is 3. The number of aromatic nitrogens is 2. The molecule has 6 rings (SSSR count). The summed E-state index contributed by atoms with van der Waals surface area (Å²) in [5.41, 5.74) is 2.90. The first-order valence-electron chi connectivity index (χ1n) is 14.2. The minimum Gasteiger partial charge on any atom is -0.465 e. The number of methoxy groups -OCH3 is 2. The van der Waals surface area contributed by atoms with Gasteiger partial charge in [-0.05, 0) is 97.1 Å². The lowest BCUT2D eigenvalue weighted by Crippen LogP contribution is -2.16. The fourth-order valence-corrected chi connectivity index (χ4v) is 10.0. The van der Waals surface area contributed by atoms with Crippen LogP contribution in [-0.4, -0.2) is 50.9 Å². The van der Waals surface area contributed by atoms with Crippen LogP contribution in [0.15, 0.2) is 110 Å². The Morgan fingerprint density at radius 3 is 1.57 bits per heavy atom. The Morgan fingerprint density at radius 1 is 0.633 bits per heavy atom. The van der Waals surface area contributed by atoms with Gasteiger partial charge in [-0.3, -0.25) is 0 Å². The van der Waals surface area contributed by atoms with Crippen molar-refractivity contribution in [1.82, 2.24) is 7.94 Å². The highest BCUT2D eigenvalue weighted by atomic mass is 127. The van der Waals surface area contributed by atoms with Crippen LogP contribution in [0.25, 0.3) is 21.8 Å². The van der Waals surface area contributed by atoms with Crippen LogP contribution in [0.2, 0.25) is 0 Å². The molecule has 2 heterocycles. The number of carbonyl (C=O) groups is 2. The zero-order valence-electron chi connectivity index (χ0n) is 26.3. The number of rotatable bonds is 6. The SMILES string of the molecule is COC(=O)c1ccc(Br)c2cc(I)n(S(=O)(=O)c3ccc(C)cc3)c12.COC(=O)c1ccc(Br)c2ccn(S(=O)(=O)c3ccc(C)cc3)c12. The fraction of sp³-hybridized carbons (Fsp3) is 0.118. The molecule has 0 radical (unpaired) electrons. The molecule has 0 spiro atoms. The predicted molar refractivity (Wildman–Crippen MR) is 202 cm³/mol. The van der Waals surface area contributed by atoms with E-state index in [1.54, 1.807) is 84.9 Å². The van der Waals surface area contributed by atoms with Crippen molar-refractivity contribution in [2.75, 3.05) is 14.2 Å². The predicted octanol–water partition coefficient (Wildman–Crippen LogP) is 8.08. The summed E-state index contributed by atoms with van der Waals surface area (Å²) in [7, 11) is -5.17. The summed E-state index contributed by atoms with van der Waals surface area (Å²) in [6.07, 6.45) is 1.44. The Balaban J connectivity index is 0.000000191. The summed E-state index contributed by atoms with van der Waals surface area (Å²) < 4.78 is 66.2. The highest BCUT2D eigenvalue weighted by Crippen LogP contribution is 2.35. The van der Waals surface area contributed by atoms with Crippen molar-refractivity contribution >= 4 is 108 Å². The molecular weight excluding hydrogens is 915 g/mol. The molecule has 6 aromatic rings. The van der Waals surface area contributed by atoms with Crippen molar-refractivity contribution < 1.29 is 35.9 Å². The quantitative estimate of drug-likeness (QED) is 0.121. The largest absolute Gasteiger partial charge is 0.465 e. The molecule has 0 atom stereocenters. The van der Waals surface area contributed by atoms with Crippen molar-refractivity contribution in [3.63, 3.8) is 0 Å². The minimum absolute atomic E-state index is 0.154. The van der Waals surface area contributed by atoms with Crippen LogP contribution in [-0.2, 0) is 29.5 Å². The summed E-state index contributed by atoms with van der Waals surface area (Å²) in [4.78, 5) is 24.5. The Bertz CT molecular complexity index is 2470. The van der Waals surface area contributed by atoms with Gasteiger partial charge in [0.25, 0.3) is 20.0 Å². The Labute approximate surface area is 313 Å². The number of ether oxygens (including phenoxy) is 2. The Morgan fingerprint density at radius 2 is 1.08 bits per heavy atom. The third kappa shape index (κ3) is 6.95. The van der Waals surface area contributed by atoms with E-state index < -0.39 is 32.0 Å². The average molecular weight is 942 g/mol. The molecule has 10 nitrogen and oxygen atoms in total. The fourth-order valence-electron chi connectivity index (χ4n) is 5.04. The van der Waals surface area contributed by atoms with E-state index in [-0.39, 0.29) is 26.4 Å². The van der Waals surface area contributed by atoms with Gasteiger partial charge in [0.05, 0.1) is 49.9 Å². The lowest BCUT2D eigenvalue weighted by Gasteiger charge is -2.12. The van der Waals surface area contributed by atoms with Gasteiger partial charge in [0.2, 0.25) is 0 Å². The number of aryl methyl sites for hydroxylation is 2. The maximum atomic E-state index is 13.2. The Kier molecular flexibility index (Phi) is 10.8. The first-order valence-corrected chi connectivity index (χ1v) is 19.8. The molecule has 4 aromatic carbocycles. The van der Waals surface area contributed by atoms with Crippen LogP contribution in [0.5, 0.6) is 0 Å². The molecule has 254 valence electrons. The van der Waals surface area contributed by atoms with Gasteiger partial charge in [-0.25, -0.2) is 34.4 Å². The van der Waals surface area contributed by atoms with Gasteiger partial charge in [0.1, 0.15) is 0 Å². The van der Waals surface area contributed by atoms with Crippen LogP contribution >= 0.6 is 54.5 Å². The summed E-state index contributed by atoms with van der Waals surface area (Å²) in [5, 5.41) is 1.25. The summed E-state index contributed by atoms with van der Waals surface area (Å²) in [6.45, 7) is 3.77. The van der Waals surface area contributed by atoms with Crippen molar-refractivity contribution in [2.45, 2.75) is 23.6 Å². The number of esters is 2. The minimum atomic E-state index is -3.87. The van der Waals surface area contributed by atoms with E-state index in [0.29, 0.717) is 28.9 Å². The summed E-state index contributed by atoms with van der Waals surface area (Å²) >= 11 is 8.76. The van der Waals surface area contributed by atoms with Crippen LogP contribution in [0.1, 0.15) is 31.8 Å². The van der Waals surface area contributed by atoms with E-state index in [1.807, 2.05) is 36.4 Å². The van der Waals surface area contributed by atoms with Gasteiger partial charge in [-0.15, -0.1) is 0 Å². The molecule has 0 N–H and O–H groups in total. The van der Waals surface area contributed by atoms with Crippen molar-refractivity contribution in [3.05, 3.63) is 126 Å². The molecule has 2 aromatic heterocycles. The molecule has 0 aliphatic rings. The standard InChI is InChI=1S/C17H13BrINO4S.C17H14BrNO4S/c1-10-3-5-11(6-4-10)25(22,23)20-15(19)9-13-14(18)8-7-12(16(13)20)17(21)24-2;1-11-3-5-12(6-4-11)24(21,22)19-10-9-13-15(18)8-7-14(16(13)19)17(20)23-2/h3-9H,1-2H3;3-10H,1-2H3. The lowest BCUT2D eigenvalue weighted by atomic mass is 10.1. The normalized spacial score (nSPS) is 11.7. The van der Waals surface area contributed by atoms with Gasteiger partial charge >= 0.3 is 11.9 Å². The maximum Gasteiger partial charge on any atom is 0.340 e. The molecule has 0 aliphatic carbocycles. The van der Waals surface area contributed by atoms with Crippen molar-refractivity contribution in [3.8, 4) is 0 Å². The lowest BCUT2D eigenvalue weighted by molar-refractivity contribution is 0.0593. The number of fused-ring (bicyclic) bond motifs is 2. The zero-order valence-corrected chi connectivity index (χ0v) is 33.2. The van der Waals surface area contributed by atoms with Gasteiger partial charge in [-0.1, -0.05) is 67.3 Å². The van der Waals surface area contributed by atoms with Crippen LogP contribution in [0, 0.1) is 17.5 Å². The third-order valence-corrected chi connectivity index (χ3v) is 13.5. The smallest absolute Gasteiger partial charge is 0.340 e. The van der Waals surface area contributed by atoms with Crippen LogP contribution in [0.4, 0.5) is 0 Å². The zero-order chi connectivity index (χ0) is 35.8. The second-order valence-corrected chi connectivity index (χ2v) is 17.1. The molecule has 0 saturated heterocycles. The number of hydrogen-bond acceptors (Lipinski definition) is 8. The second kappa shape index (κ2) is 14.4. The third-order valence-electron chi connectivity index (χ3n) is 7.53. The highest BCUT2D eigenvalue weighted by molar-refractivity contribution is 14.1. The summed E-state index contributed by atoms with van der Waals surface area (Å²) in [6, 6.07) is 23.0. The molecule has 0 bridgehead atoms. The molecule has 0 aliphatic heterocycles. The van der Waals surface area contributed by atoms with Crippen molar-refractivity contribution in [2.24, 2.45) is 0 Å². The average Bonchev–Trinajstić information content (AvgIpc) is 3.69. The van der Waals surface area contributed by atoms with E-state index in [4.69, 9.17) is 9.47 Å². The molecular formula is C34H27Br2IN2O8S2. The maximum absolute atomic E-state index is 13.2. The molecule has 0 unspecified atom stereocenters. The van der Waals surface area contributed by atoms with Gasteiger partial charge in [0.15, 0.2) is 0 Å². The van der Waals surface area contributed by atoms with E-state index >= 15 is 0 Å². The first-order chi connectivity index (χ1) is 23.1. The van der Waals surface area contributed by atoms with Gasteiger partial charge in [-0.2, -0.15) is 0 Å². The van der Waals surface area contributed by atoms with Crippen molar-refractivity contribution in [1.29, 1.82) is 0 Å². The molecule has 0 fully saturated rings. The van der Waals surface area contributed by atoms with Crippen LogP contribution in [0.3, 0.4) is 0 Å². The second-order valence-electron chi connectivity index (χ2n) is 10.7.